The minimum absolute atomic E-state index is 0.200. The summed E-state index contributed by atoms with van der Waals surface area (Å²) in [6.07, 6.45) is 1.77. The molecule has 0 atom stereocenters. The van der Waals surface area contributed by atoms with Crippen LogP contribution in [0.5, 0.6) is 0 Å². The van der Waals surface area contributed by atoms with Gasteiger partial charge in [0.25, 0.3) is 0 Å². The Morgan fingerprint density at radius 1 is 1.43 bits per heavy atom. The van der Waals surface area contributed by atoms with Gasteiger partial charge in [-0.05, 0) is 25.1 Å². The SMILES string of the molecule is C=C(N)c1cc(F)c(N)nc1Nc1cccc2c1cnn2CC. The molecule has 3 rings (SSSR count). The zero-order valence-corrected chi connectivity index (χ0v) is 12.7. The van der Waals surface area contributed by atoms with Crippen molar-refractivity contribution in [3.05, 3.63) is 48.4 Å². The van der Waals surface area contributed by atoms with E-state index in [0.717, 1.165) is 23.1 Å². The molecule has 3 aromatic rings. The molecule has 0 fully saturated rings. The molecule has 7 heteroatoms. The molecule has 0 aliphatic rings. The number of nitrogens with zero attached hydrogens (tertiary/aromatic N) is 3. The lowest BCUT2D eigenvalue weighted by Gasteiger charge is -2.13. The number of fused-ring (bicyclic) bond motifs is 1. The monoisotopic (exact) mass is 312 g/mol. The fraction of sp³-hybridized carbons (Fsp3) is 0.125. The van der Waals surface area contributed by atoms with Crippen molar-refractivity contribution in [2.24, 2.45) is 5.73 Å². The molecule has 2 heterocycles. The second kappa shape index (κ2) is 5.60. The topological polar surface area (TPSA) is 94.8 Å². The number of halogens is 1. The molecule has 0 spiro atoms. The second-order valence-electron chi connectivity index (χ2n) is 5.10. The lowest BCUT2D eigenvalue weighted by molar-refractivity contribution is 0.627. The molecule has 0 aliphatic heterocycles. The van der Waals surface area contributed by atoms with Crippen molar-refractivity contribution in [2.45, 2.75) is 13.5 Å². The fourth-order valence-electron chi connectivity index (χ4n) is 2.44. The van der Waals surface area contributed by atoms with E-state index in [2.05, 4.69) is 22.0 Å². The molecule has 0 bridgehead atoms. The number of rotatable bonds is 4. The Labute approximate surface area is 132 Å². The van der Waals surface area contributed by atoms with Gasteiger partial charge in [0.2, 0.25) is 0 Å². The lowest BCUT2D eigenvalue weighted by Crippen LogP contribution is -2.07. The van der Waals surface area contributed by atoms with Crippen molar-refractivity contribution < 1.29 is 4.39 Å². The van der Waals surface area contributed by atoms with Gasteiger partial charge in [-0.2, -0.15) is 5.10 Å². The Kier molecular flexibility index (Phi) is 3.61. The number of hydrogen-bond donors (Lipinski definition) is 3. The standard InChI is InChI=1S/C16H17FN6/c1-3-23-14-6-4-5-13(11(14)8-20-23)21-16-10(9(2)18)7-12(17)15(19)22-16/h4-8H,2-3,18H2,1H3,(H3,19,21,22). The third-order valence-corrected chi connectivity index (χ3v) is 3.59. The molecule has 0 unspecified atom stereocenters. The van der Waals surface area contributed by atoms with Gasteiger partial charge in [0.05, 0.1) is 17.4 Å². The molecule has 118 valence electrons. The van der Waals surface area contributed by atoms with Gasteiger partial charge < -0.3 is 16.8 Å². The molecular formula is C16H17FN6. The van der Waals surface area contributed by atoms with Crippen molar-refractivity contribution in [1.29, 1.82) is 0 Å². The number of pyridine rings is 1. The number of nitrogens with two attached hydrogens (primary N) is 2. The average Bonchev–Trinajstić information content (AvgIpc) is 2.94. The van der Waals surface area contributed by atoms with Crippen molar-refractivity contribution in [1.82, 2.24) is 14.8 Å². The van der Waals surface area contributed by atoms with Gasteiger partial charge in [0, 0.05) is 23.2 Å². The molecule has 0 aliphatic carbocycles. The Morgan fingerprint density at radius 2 is 2.22 bits per heavy atom. The molecule has 6 nitrogen and oxygen atoms in total. The molecule has 1 aromatic carbocycles. The van der Waals surface area contributed by atoms with Gasteiger partial charge >= 0.3 is 0 Å². The fourth-order valence-corrected chi connectivity index (χ4v) is 2.44. The number of hydrogen-bond acceptors (Lipinski definition) is 5. The maximum atomic E-state index is 13.6. The van der Waals surface area contributed by atoms with E-state index >= 15 is 0 Å². The Hall–Kier alpha value is -3.09. The maximum Gasteiger partial charge on any atom is 0.166 e. The van der Waals surface area contributed by atoms with Gasteiger partial charge in [-0.1, -0.05) is 12.6 Å². The van der Waals surface area contributed by atoms with E-state index in [9.17, 15) is 4.39 Å². The van der Waals surface area contributed by atoms with Crippen LogP contribution in [0.25, 0.3) is 16.6 Å². The summed E-state index contributed by atoms with van der Waals surface area (Å²) in [5, 5.41) is 8.41. The first-order valence-corrected chi connectivity index (χ1v) is 7.13. The summed E-state index contributed by atoms with van der Waals surface area (Å²) in [6, 6.07) is 6.99. The van der Waals surface area contributed by atoms with E-state index in [0.29, 0.717) is 11.4 Å². The molecule has 0 amide bonds. The van der Waals surface area contributed by atoms with E-state index in [1.807, 2.05) is 29.8 Å². The lowest BCUT2D eigenvalue weighted by atomic mass is 10.1. The summed E-state index contributed by atoms with van der Waals surface area (Å²) in [5.74, 6) is -0.476. The summed E-state index contributed by atoms with van der Waals surface area (Å²) in [4.78, 5) is 4.05. The highest BCUT2D eigenvalue weighted by atomic mass is 19.1. The minimum atomic E-state index is -0.630. The number of aromatic nitrogens is 3. The maximum absolute atomic E-state index is 13.6. The third-order valence-electron chi connectivity index (χ3n) is 3.59. The highest BCUT2D eigenvalue weighted by Gasteiger charge is 2.13. The number of aryl methyl sites for hydroxylation is 1. The molecule has 5 N–H and O–H groups in total. The van der Waals surface area contributed by atoms with E-state index in [-0.39, 0.29) is 11.5 Å². The van der Waals surface area contributed by atoms with Crippen molar-refractivity contribution >= 4 is 33.9 Å². The second-order valence-corrected chi connectivity index (χ2v) is 5.10. The average molecular weight is 312 g/mol. The highest BCUT2D eigenvalue weighted by Crippen LogP contribution is 2.29. The Balaban J connectivity index is 2.11. The number of nitrogens with one attached hydrogen (secondary N) is 1. The first-order chi connectivity index (χ1) is 11.0. The summed E-state index contributed by atoms with van der Waals surface area (Å²) >= 11 is 0. The van der Waals surface area contributed by atoms with E-state index in [4.69, 9.17) is 11.5 Å². The van der Waals surface area contributed by atoms with Crippen LogP contribution in [0, 0.1) is 5.82 Å². The normalized spacial score (nSPS) is 10.9. The van der Waals surface area contributed by atoms with Crippen molar-refractivity contribution in [2.75, 3.05) is 11.1 Å². The van der Waals surface area contributed by atoms with Crippen LogP contribution < -0.4 is 16.8 Å². The predicted octanol–water partition coefficient (Wildman–Crippen LogP) is 2.85. The van der Waals surface area contributed by atoms with Crippen molar-refractivity contribution in [3.63, 3.8) is 0 Å². The van der Waals surface area contributed by atoms with Gasteiger partial charge in [-0.15, -0.1) is 0 Å². The minimum Gasteiger partial charge on any atom is -0.399 e. The number of nitrogen functional groups attached to an aromatic ring is 1. The summed E-state index contributed by atoms with van der Waals surface area (Å²) in [7, 11) is 0. The zero-order chi connectivity index (χ0) is 16.6. The Morgan fingerprint density at radius 3 is 2.91 bits per heavy atom. The van der Waals surface area contributed by atoms with Crippen LogP contribution in [0.1, 0.15) is 12.5 Å². The zero-order valence-electron chi connectivity index (χ0n) is 12.7. The van der Waals surface area contributed by atoms with Gasteiger partial charge in [0.1, 0.15) is 5.82 Å². The van der Waals surface area contributed by atoms with Crippen LogP contribution in [0.4, 0.5) is 21.7 Å². The van der Waals surface area contributed by atoms with Crippen LogP contribution >= 0.6 is 0 Å². The third kappa shape index (κ3) is 2.57. The summed E-state index contributed by atoms with van der Waals surface area (Å²) in [5.41, 5.74) is 13.6. The molecule has 0 saturated carbocycles. The first-order valence-electron chi connectivity index (χ1n) is 7.13. The van der Waals surface area contributed by atoms with Gasteiger partial charge in [-0.3, -0.25) is 4.68 Å². The molecule has 23 heavy (non-hydrogen) atoms. The van der Waals surface area contributed by atoms with Crippen LogP contribution in [0.2, 0.25) is 0 Å². The van der Waals surface area contributed by atoms with Crippen molar-refractivity contribution in [3.8, 4) is 0 Å². The molecular weight excluding hydrogens is 295 g/mol. The molecule has 2 aromatic heterocycles. The van der Waals surface area contributed by atoms with Crippen LogP contribution in [0.15, 0.2) is 37.0 Å². The van der Waals surface area contributed by atoms with E-state index in [1.165, 1.54) is 6.07 Å². The van der Waals surface area contributed by atoms with Crippen LogP contribution in [-0.4, -0.2) is 14.8 Å². The molecule has 0 saturated heterocycles. The smallest absolute Gasteiger partial charge is 0.166 e. The van der Waals surface area contributed by atoms with E-state index in [1.54, 1.807) is 6.20 Å². The largest absolute Gasteiger partial charge is 0.399 e. The van der Waals surface area contributed by atoms with Crippen LogP contribution in [-0.2, 0) is 6.54 Å². The van der Waals surface area contributed by atoms with Gasteiger partial charge in [0.15, 0.2) is 11.6 Å². The number of benzene rings is 1. The van der Waals surface area contributed by atoms with Crippen LogP contribution in [0.3, 0.4) is 0 Å². The van der Waals surface area contributed by atoms with Gasteiger partial charge in [-0.25, -0.2) is 9.37 Å². The predicted molar refractivity (Wildman–Crippen MR) is 90.5 cm³/mol. The first kappa shape index (κ1) is 14.8. The number of anilines is 3. The summed E-state index contributed by atoms with van der Waals surface area (Å²) < 4.78 is 15.5. The molecule has 0 radical (unpaired) electrons. The quantitative estimate of drug-likeness (QED) is 0.688. The van der Waals surface area contributed by atoms with E-state index < -0.39 is 5.82 Å². The summed E-state index contributed by atoms with van der Waals surface area (Å²) in [6.45, 7) is 6.43. The Bertz CT molecular complexity index is 899. The highest BCUT2D eigenvalue weighted by molar-refractivity contribution is 5.93.